The molecule has 2 rings (SSSR count). The molecule has 0 saturated carbocycles. The SMILES string of the molecule is CN1CC[C@@H]1COc1cncc(F)c1. The standard InChI is InChI=1S/C10H13FN2O/c1-13-3-2-9(13)7-14-10-4-8(11)5-12-6-10/h4-6,9H,2-3,7H2,1H3/t9-/m1/s1. The van der Waals surface area contributed by atoms with Crippen molar-refractivity contribution < 1.29 is 9.13 Å². The number of halogens is 1. The smallest absolute Gasteiger partial charge is 0.145 e. The van der Waals surface area contributed by atoms with Gasteiger partial charge in [-0.05, 0) is 20.0 Å². The van der Waals surface area contributed by atoms with E-state index in [4.69, 9.17) is 4.74 Å². The zero-order chi connectivity index (χ0) is 9.97. The predicted octanol–water partition coefficient (Wildman–Crippen LogP) is 1.30. The molecule has 1 saturated heterocycles. The lowest BCUT2D eigenvalue weighted by atomic mass is 10.1. The van der Waals surface area contributed by atoms with E-state index in [1.54, 1.807) is 0 Å². The predicted molar refractivity (Wildman–Crippen MR) is 50.7 cm³/mol. The quantitative estimate of drug-likeness (QED) is 0.728. The molecule has 0 aromatic carbocycles. The highest BCUT2D eigenvalue weighted by Crippen LogP contribution is 2.16. The molecule has 1 aromatic heterocycles. The van der Waals surface area contributed by atoms with E-state index in [9.17, 15) is 4.39 Å². The molecule has 3 nitrogen and oxygen atoms in total. The van der Waals surface area contributed by atoms with Gasteiger partial charge in [0.25, 0.3) is 0 Å². The summed E-state index contributed by atoms with van der Waals surface area (Å²) in [5.41, 5.74) is 0. The second-order valence-corrected chi connectivity index (χ2v) is 3.57. The number of hydrogen-bond acceptors (Lipinski definition) is 3. The normalized spacial score (nSPS) is 21.7. The van der Waals surface area contributed by atoms with E-state index in [1.165, 1.54) is 18.5 Å². The maximum absolute atomic E-state index is 12.7. The van der Waals surface area contributed by atoms with Gasteiger partial charge in [0, 0.05) is 12.1 Å². The summed E-state index contributed by atoms with van der Waals surface area (Å²) < 4.78 is 18.1. The van der Waals surface area contributed by atoms with Gasteiger partial charge in [-0.3, -0.25) is 9.88 Å². The van der Waals surface area contributed by atoms with Gasteiger partial charge in [0.2, 0.25) is 0 Å². The van der Waals surface area contributed by atoms with Crippen molar-refractivity contribution in [1.82, 2.24) is 9.88 Å². The zero-order valence-electron chi connectivity index (χ0n) is 8.11. The molecule has 0 aliphatic carbocycles. The van der Waals surface area contributed by atoms with Gasteiger partial charge < -0.3 is 4.74 Å². The average Bonchev–Trinajstić information content (AvgIpc) is 2.16. The van der Waals surface area contributed by atoms with Crippen LogP contribution < -0.4 is 4.74 Å². The fraction of sp³-hybridized carbons (Fsp3) is 0.500. The first kappa shape index (κ1) is 9.40. The van der Waals surface area contributed by atoms with Gasteiger partial charge in [-0.1, -0.05) is 0 Å². The van der Waals surface area contributed by atoms with E-state index in [0.29, 0.717) is 18.4 Å². The van der Waals surface area contributed by atoms with Gasteiger partial charge >= 0.3 is 0 Å². The Morgan fingerprint density at radius 1 is 1.64 bits per heavy atom. The molecule has 1 aromatic rings. The van der Waals surface area contributed by atoms with Crippen LogP contribution in [-0.2, 0) is 0 Å². The van der Waals surface area contributed by atoms with Gasteiger partial charge in [0.15, 0.2) is 0 Å². The molecule has 0 N–H and O–H groups in total. The highest BCUT2D eigenvalue weighted by atomic mass is 19.1. The van der Waals surface area contributed by atoms with E-state index in [2.05, 4.69) is 16.9 Å². The van der Waals surface area contributed by atoms with E-state index in [-0.39, 0.29) is 5.82 Å². The maximum Gasteiger partial charge on any atom is 0.145 e. The van der Waals surface area contributed by atoms with Crippen LogP contribution >= 0.6 is 0 Å². The summed E-state index contributed by atoms with van der Waals surface area (Å²) in [7, 11) is 2.06. The third-order valence-corrected chi connectivity index (χ3v) is 2.56. The number of aromatic nitrogens is 1. The molecule has 0 bridgehead atoms. The molecule has 0 radical (unpaired) electrons. The second kappa shape index (κ2) is 3.92. The Hall–Kier alpha value is -1.16. The summed E-state index contributed by atoms with van der Waals surface area (Å²) in [4.78, 5) is 5.93. The van der Waals surface area contributed by atoms with Crippen LogP contribution in [-0.4, -0.2) is 36.1 Å². The molecule has 1 fully saturated rings. The molecule has 76 valence electrons. The molecule has 4 heteroatoms. The molecule has 0 spiro atoms. The van der Waals surface area contributed by atoms with Crippen molar-refractivity contribution in [1.29, 1.82) is 0 Å². The number of likely N-dealkylation sites (N-methyl/N-ethyl adjacent to an activating group) is 1. The number of ether oxygens (including phenoxy) is 1. The number of pyridine rings is 1. The van der Waals surface area contributed by atoms with E-state index < -0.39 is 0 Å². The maximum atomic E-state index is 12.7. The van der Waals surface area contributed by atoms with Crippen LogP contribution in [0.5, 0.6) is 5.75 Å². The van der Waals surface area contributed by atoms with Gasteiger partial charge in [-0.2, -0.15) is 0 Å². The summed E-state index contributed by atoms with van der Waals surface area (Å²) in [5, 5.41) is 0. The van der Waals surface area contributed by atoms with Crippen molar-refractivity contribution in [2.75, 3.05) is 20.2 Å². The summed E-state index contributed by atoms with van der Waals surface area (Å²) in [6.07, 6.45) is 3.85. The number of nitrogens with zero attached hydrogens (tertiary/aromatic N) is 2. The highest BCUT2D eigenvalue weighted by molar-refractivity contribution is 5.16. The topological polar surface area (TPSA) is 25.4 Å². The van der Waals surface area contributed by atoms with Crippen molar-refractivity contribution in [3.63, 3.8) is 0 Å². The average molecular weight is 196 g/mol. The van der Waals surface area contributed by atoms with Crippen LogP contribution in [0.1, 0.15) is 6.42 Å². The lowest BCUT2D eigenvalue weighted by Crippen LogP contribution is -2.48. The molecule has 1 atom stereocenters. The Bertz CT molecular complexity index is 319. The third-order valence-electron chi connectivity index (χ3n) is 2.56. The summed E-state index contributed by atoms with van der Waals surface area (Å²) in [6.45, 7) is 1.73. The van der Waals surface area contributed by atoms with Crippen LogP contribution in [0.2, 0.25) is 0 Å². The minimum absolute atomic E-state index is 0.357. The Morgan fingerprint density at radius 3 is 3.07 bits per heavy atom. The third kappa shape index (κ3) is 2.01. The lowest BCUT2D eigenvalue weighted by molar-refractivity contribution is 0.0766. The second-order valence-electron chi connectivity index (χ2n) is 3.57. The first-order chi connectivity index (χ1) is 6.75. The van der Waals surface area contributed by atoms with Crippen LogP contribution in [0.4, 0.5) is 4.39 Å². The van der Waals surface area contributed by atoms with Gasteiger partial charge in [0.05, 0.1) is 12.4 Å². The Kier molecular flexibility index (Phi) is 2.63. The first-order valence-electron chi connectivity index (χ1n) is 4.69. The number of likely N-dealkylation sites (tertiary alicyclic amines) is 1. The minimum Gasteiger partial charge on any atom is -0.490 e. The Labute approximate surface area is 82.5 Å². The molecule has 2 heterocycles. The molecule has 0 unspecified atom stereocenters. The molecular formula is C10H13FN2O. The van der Waals surface area contributed by atoms with Crippen LogP contribution in [0.3, 0.4) is 0 Å². The van der Waals surface area contributed by atoms with Crippen molar-refractivity contribution in [2.45, 2.75) is 12.5 Å². The van der Waals surface area contributed by atoms with Gasteiger partial charge in [0.1, 0.15) is 18.2 Å². The van der Waals surface area contributed by atoms with Gasteiger partial charge in [-0.15, -0.1) is 0 Å². The van der Waals surface area contributed by atoms with Crippen molar-refractivity contribution in [3.05, 3.63) is 24.3 Å². The monoisotopic (exact) mass is 196 g/mol. The highest BCUT2D eigenvalue weighted by Gasteiger charge is 2.24. The fourth-order valence-electron chi connectivity index (χ4n) is 1.44. The summed E-state index contributed by atoms with van der Waals surface area (Å²) in [5.74, 6) is 0.148. The van der Waals surface area contributed by atoms with Crippen molar-refractivity contribution in [3.8, 4) is 5.75 Å². The number of rotatable bonds is 3. The fourth-order valence-corrected chi connectivity index (χ4v) is 1.44. The van der Waals surface area contributed by atoms with Crippen LogP contribution in [0.15, 0.2) is 18.5 Å². The Balaban J connectivity index is 1.85. The Morgan fingerprint density at radius 2 is 2.50 bits per heavy atom. The van der Waals surface area contributed by atoms with E-state index >= 15 is 0 Å². The summed E-state index contributed by atoms with van der Waals surface area (Å²) in [6, 6.07) is 1.82. The van der Waals surface area contributed by atoms with Gasteiger partial charge in [-0.25, -0.2) is 4.39 Å². The number of hydrogen-bond donors (Lipinski definition) is 0. The molecule has 14 heavy (non-hydrogen) atoms. The molecule has 1 aliphatic rings. The van der Waals surface area contributed by atoms with Crippen molar-refractivity contribution in [2.24, 2.45) is 0 Å². The largest absolute Gasteiger partial charge is 0.490 e. The van der Waals surface area contributed by atoms with Crippen LogP contribution in [0, 0.1) is 5.82 Å². The molecular weight excluding hydrogens is 183 g/mol. The van der Waals surface area contributed by atoms with Crippen LogP contribution in [0.25, 0.3) is 0 Å². The first-order valence-corrected chi connectivity index (χ1v) is 4.69. The van der Waals surface area contributed by atoms with E-state index in [0.717, 1.165) is 13.0 Å². The van der Waals surface area contributed by atoms with Crippen molar-refractivity contribution >= 4 is 0 Å². The van der Waals surface area contributed by atoms with E-state index in [1.807, 2.05) is 0 Å². The summed E-state index contributed by atoms with van der Waals surface area (Å²) >= 11 is 0. The molecule has 1 aliphatic heterocycles. The molecule has 0 amide bonds. The lowest BCUT2D eigenvalue weighted by Gasteiger charge is -2.37. The minimum atomic E-state index is -0.357. The zero-order valence-corrected chi connectivity index (χ0v) is 8.11.